The first-order valence-corrected chi connectivity index (χ1v) is 11.8. The summed E-state index contributed by atoms with van der Waals surface area (Å²) in [5.41, 5.74) is 3.11. The van der Waals surface area contributed by atoms with Crippen LogP contribution in [0, 0.1) is 11.3 Å². The summed E-state index contributed by atoms with van der Waals surface area (Å²) in [6.07, 6.45) is 1.53. The van der Waals surface area contributed by atoms with Crippen LogP contribution in [0.25, 0.3) is 22.4 Å². The standard InChI is InChI=1S/C27H21N5O4S/c1-33-23-11-20-21(12-24(23)34-2)29-14-16(13-28)26(20)30-17-7-9-18(10-8-17)35-22-6-4-3-5-19(22)27-32-31-25(15-37)36-27/h3-12,14,37H,15H2,1-2H3,(H,29,30). The Morgan fingerprint density at radius 1 is 0.973 bits per heavy atom. The number of pyridine rings is 1. The summed E-state index contributed by atoms with van der Waals surface area (Å²) in [5.74, 6) is 3.43. The van der Waals surface area contributed by atoms with Gasteiger partial charge in [0.05, 0.1) is 42.3 Å². The van der Waals surface area contributed by atoms with Crippen molar-refractivity contribution in [3.05, 3.63) is 78.3 Å². The van der Waals surface area contributed by atoms with Crippen molar-refractivity contribution in [2.75, 3.05) is 19.5 Å². The van der Waals surface area contributed by atoms with E-state index >= 15 is 0 Å². The van der Waals surface area contributed by atoms with Crippen molar-refractivity contribution in [1.82, 2.24) is 15.2 Å². The maximum atomic E-state index is 9.70. The maximum Gasteiger partial charge on any atom is 0.251 e. The van der Waals surface area contributed by atoms with Crippen molar-refractivity contribution in [3.63, 3.8) is 0 Å². The van der Waals surface area contributed by atoms with Gasteiger partial charge in [-0.25, -0.2) is 0 Å². The zero-order chi connectivity index (χ0) is 25.8. The summed E-state index contributed by atoms with van der Waals surface area (Å²) < 4.78 is 22.6. The lowest BCUT2D eigenvalue weighted by Gasteiger charge is -2.15. The average Bonchev–Trinajstić information content (AvgIpc) is 3.43. The molecule has 9 nitrogen and oxygen atoms in total. The fourth-order valence-corrected chi connectivity index (χ4v) is 3.90. The molecule has 3 aromatic carbocycles. The van der Waals surface area contributed by atoms with Crippen molar-refractivity contribution >= 4 is 34.9 Å². The van der Waals surface area contributed by atoms with E-state index in [1.165, 1.54) is 6.20 Å². The Morgan fingerprint density at radius 3 is 2.43 bits per heavy atom. The van der Waals surface area contributed by atoms with Crippen LogP contribution in [0.2, 0.25) is 0 Å². The zero-order valence-electron chi connectivity index (χ0n) is 19.9. The number of hydrogen-bond donors (Lipinski definition) is 2. The van der Waals surface area contributed by atoms with Gasteiger partial charge in [-0.3, -0.25) is 4.98 Å². The number of aromatic nitrogens is 3. The second-order valence-electron chi connectivity index (χ2n) is 7.79. The number of para-hydroxylation sites is 1. The molecule has 0 radical (unpaired) electrons. The first-order valence-electron chi connectivity index (χ1n) is 11.2. The van der Waals surface area contributed by atoms with E-state index in [1.54, 1.807) is 26.4 Å². The molecular formula is C27H21N5O4S. The van der Waals surface area contributed by atoms with Crippen LogP contribution in [-0.4, -0.2) is 29.4 Å². The van der Waals surface area contributed by atoms with Crippen molar-refractivity contribution < 1.29 is 18.6 Å². The molecule has 0 saturated carbocycles. The molecule has 5 aromatic rings. The molecule has 184 valence electrons. The number of fused-ring (bicyclic) bond motifs is 1. The molecule has 0 fully saturated rings. The molecule has 0 aliphatic rings. The Morgan fingerprint density at radius 2 is 1.73 bits per heavy atom. The van der Waals surface area contributed by atoms with Crippen LogP contribution in [0.3, 0.4) is 0 Å². The highest BCUT2D eigenvalue weighted by Gasteiger charge is 2.16. The van der Waals surface area contributed by atoms with Gasteiger partial charge in [0.15, 0.2) is 11.5 Å². The third-order valence-electron chi connectivity index (χ3n) is 5.56. The highest BCUT2D eigenvalue weighted by molar-refractivity contribution is 7.79. The van der Waals surface area contributed by atoms with Gasteiger partial charge in [0.25, 0.3) is 5.89 Å². The Balaban J connectivity index is 1.43. The number of thiol groups is 1. The van der Waals surface area contributed by atoms with Crippen LogP contribution in [0.5, 0.6) is 23.0 Å². The van der Waals surface area contributed by atoms with E-state index in [0.29, 0.717) is 62.9 Å². The highest BCUT2D eigenvalue weighted by Crippen LogP contribution is 2.38. The molecule has 10 heteroatoms. The lowest BCUT2D eigenvalue weighted by Crippen LogP contribution is -1.98. The van der Waals surface area contributed by atoms with E-state index in [2.05, 4.69) is 39.2 Å². The van der Waals surface area contributed by atoms with E-state index in [9.17, 15) is 5.26 Å². The van der Waals surface area contributed by atoms with Crippen molar-refractivity contribution in [3.8, 4) is 40.5 Å². The molecule has 0 amide bonds. The smallest absolute Gasteiger partial charge is 0.251 e. The lowest BCUT2D eigenvalue weighted by molar-refractivity contribution is 0.356. The van der Waals surface area contributed by atoms with Gasteiger partial charge < -0.3 is 23.9 Å². The first-order chi connectivity index (χ1) is 18.1. The van der Waals surface area contributed by atoms with Crippen LogP contribution >= 0.6 is 12.6 Å². The maximum absolute atomic E-state index is 9.70. The van der Waals surface area contributed by atoms with Gasteiger partial charge in [-0.1, -0.05) is 12.1 Å². The molecule has 0 unspecified atom stereocenters. The van der Waals surface area contributed by atoms with Gasteiger partial charge in [0.2, 0.25) is 5.89 Å². The van der Waals surface area contributed by atoms with Crippen LogP contribution in [0.15, 0.2) is 71.3 Å². The Hall–Kier alpha value is -4.75. The predicted octanol–water partition coefficient (Wildman–Crippen LogP) is 6.14. The van der Waals surface area contributed by atoms with Gasteiger partial charge >= 0.3 is 0 Å². The summed E-state index contributed by atoms with van der Waals surface area (Å²) in [6.45, 7) is 0. The predicted molar refractivity (Wildman–Crippen MR) is 142 cm³/mol. The van der Waals surface area contributed by atoms with Crippen LogP contribution < -0.4 is 19.5 Å². The third-order valence-corrected chi connectivity index (χ3v) is 5.84. The quantitative estimate of drug-likeness (QED) is 0.237. The van der Waals surface area contributed by atoms with Gasteiger partial charge in [0, 0.05) is 23.3 Å². The molecule has 5 rings (SSSR count). The number of methoxy groups -OCH3 is 2. The van der Waals surface area contributed by atoms with Crippen LogP contribution in [0.1, 0.15) is 11.5 Å². The number of hydrogen-bond acceptors (Lipinski definition) is 10. The fourth-order valence-electron chi connectivity index (χ4n) is 3.77. The summed E-state index contributed by atoms with van der Waals surface area (Å²) in [7, 11) is 3.13. The largest absolute Gasteiger partial charge is 0.493 e. The second-order valence-corrected chi connectivity index (χ2v) is 8.11. The Bertz CT molecular complexity index is 1610. The van der Waals surface area contributed by atoms with E-state index in [4.69, 9.17) is 18.6 Å². The van der Waals surface area contributed by atoms with E-state index < -0.39 is 0 Å². The summed E-state index contributed by atoms with van der Waals surface area (Å²) in [5, 5.41) is 21.8. The molecule has 0 aliphatic heterocycles. The normalized spacial score (nSPS) is 10.6. The fraction of sp³-hybridized carbons (Fsp3) is 0.111. The van der Waals surface area contributed by atoms with E-state index in [1.807, 2.05) is 48.5 Å². The van der Waals surface area contributed by atoms with Crippen LogP contribution in [0.4, 0.5) is 11.4 Å². The first kappa shape index (κ1) is 24.0. The molecule has 0 saturated heterocycles. The number of benzene rings is 3. The lowest BCUT2D eigenvalue weighted by atomic mass is 10.1. The number of ether oxygens (including phenoxy) is 3. The summed E-state index contributed by atoms with van der Waals surface area (Å²) >= 11 is 4.17. The molecule has 0 aliphatic carbocycles. The van der Waals surface area contributed by atoms with Crippen molar-refractivity contribution in [1.29, 1.82) is 5.26 Å². The molecule has 1 N–H and O–H groups in total. The minimum atomic E-state index is 0.352. The van der Waals surface area contributed by atoms with Crippen molar-refractivity contribution in [2.45, 2.75) is 5.75 Å². The topological polar surface area (TPSA) is 115 Å². The molecule has 2 heterocycles. The Labute approximate surface area is 218 Å². The monoisotopic (exact) mass is 511 g/mol. The molecule has 37 heavy (non-hydrogen) atoms. The molecular weight excluding hydrogens is 490 g/mol. The third kappa shape index (κ3) is 4.85. The number of anilines is 2. The number of nitriles is 1. The van der Waals surface area contributed by atoms with Gasteiger partial charge in [-0.05, 0) is 42.5 Å². The number of nitrogens with zero attached hydrogens (tertiary/aromatic N) is 4. The molecule has 0 spiro atoms. The molecule has 0 bridgehead atoms. The van der Waals surface area contributed by atoms with E-state index in [0.717, 1.165) is 11.1 Å². The second kappa shape index (κ2) is 10.5. The number of nitrogens with one attached hydrogen (secondary N) is 1. The van der Waals surface area contributed by atoms with Gasteiger partial charge in [-0.15, -0.1) is 10.2 Å². The minimum Gasteiger partial charge on any atom is -0.493 e. The average molecular weight is 512 g/mol. The van der Waals surface area contributed by atoms with Crippen LogP contribution in [-0.2, 0) is 5.75 Å². The minimum absolute atomic E-state index is 0.352. The summed E-state index contributed by atoms with van der Waals surface area (Å²) in [4.78, 5) is 4.40. The van der Waals surface area contributed by atoms with E-state index in [-0.39, 0.29) is 0 Å². The zero-order valence-corrected chi connectivity index (χ0v) is 20.8. The SMILES string of the molecule is COc1cc2ncc(C#N)c(Nc3ccc(Oc4ccccc4-c4nnc(CS)o4)cc3)c2cc1OC. The highest BCUT2D eigenvalue weighted by atomic mass is 32.1. The summed E-state index contributed by atoms with van der Waals surface area (Å²) in [6, 6.07) is 20.6. The number of rotatable bonds is 8. The van der Waals surface area contributed by atoms with Gasteiger partial charge in [-0.2, -0.15) is 17.9 Å². The molecule has 0 atom stereocenters. The Kier molecular flexibility index (Phi) is 6.78. The molecule has 2 aromatic heterocycles. The van der Waals surface area contributed by atoms with Crippen molar-refractivity contribution in [2.24, 2.45) is 0 Å². The van der Waals surface area contributed by atoms with Gasteiger partial charge in [0.1, 0.15) is 17.6 Å².